The molecule has 1 atom stereocenters. The van der Waals surface area contributed by atoms with Crippen LogP contribution in [0.3, 0.4) is 0 Å². The van der Waals surface area contributed by atoms with Crippen molar-refractivity contribution in [2.75, 3.05) is 49.1 Å². The molecular formula is C41H46ClN9O4. The van der Waals surface area contributed by atoms with Crippen molar-refractivity contribution >= 4 is 51.9 Å². The van der Waals surface area contributed by atoms with E-state index in [4.69, 9.17) is 21.6 Å². The lowest BCUT2D eigenvalue weighted by molar-refractivity contribution is -0.120. The van der Waals surface area contributed by atoms with Gasteiger partial charge in [-0.15, -0.1) is 10.2 Å². The molecule has 13 nitrogen and oxygen atoms in total. The first-order valence-electron chi connectivity index (χ1n) is 19.5. The molecule has 1 saturated carbocycles. The summed E-state index contributed by atoms with van der Waals surface area (Å²) in [5.74, 6) is 1.56. The number of urea groups is 1. The van der Waals surface area contributed by atoms with Gasteiger partial charge in [0.15, 0.2) is 11.5 Å². The summed E-state index contributed by atoms with van der Waals surface area (Å²) in [7, 11) is 0. The number of ether oxygens (including phenoxy) is 1. The van der Waals surface area contributed by atoms with Gasteiger partial charge in [0, 0.05) is 75.4 Å². The Kier molecular flexibility index (Phi) is 10.9. The Morgan fingerprint density at radius 3 is 2.55 bits per heavy atom. The maximum Gasteiger partial charge on any atom is 0.328 e. The van der Waals surface area contributed by atoms with Gasteiger partial charge in [0.05, 0.1) is 27.9 Å². The average molecular weight is 764 g/mol. The maximum absolute atomic E-state index is 13.1. The van der Waals surface area contributed by atoms with E-state index in [0.29, 0.717) is 47.0 Å². The number of amides is 4. The van der Waals surface area contributed by atoms with Crippen LogP contribution < -0.4 is 25.2 Å². The molecule has 1 aliphatic carbocycles. The lowest BCUT2D eigenvalue weighted by Crippen LogP contribution is -2.49. The molecule has 14 heteroatoms. The molecule has 5 heterocycles. The van der Waals surface area contributed by atoms with Crippen LogP contribution in [0.25, 0.3) is 10.9 Å². The predicted molar refractivity (Wildman–Crippen MR) is 209 cm³/mol. The lowest BCUT2D eigenvalue weighted by Gasteiger charge is -2.39. The van der Waals surface area contributed by atoms with E-state index in [1.54, 1.807) is 29.2 Å². The van der Waals surface area contributed by atoms with Crippen molar-refractivity contribution < 1.29 is 19.1 Å². The minimum Gasteiger partial charge on any atom is -0.490 e. The summed E-state index contributed by atoms with van der Waals surface area (Å²) < 4.78 is 8.46. The molecule has 4 amide bonds. The second-order valence-electron chi connectivity index (χ2n) is 15.3. The van der Waals surface area contributed by atoms with E-state index in [1.165, 1.54) is 6.42 Å². The number of carbonyl (C=O) groups excluding carboxylic acids is 3. The number of nitrogens with zero attached hydrogens (tertiary/aromatic N) is 7. The number of aromatic nitrogens is 3. The largest absolute Gasteiger partial charge is 0.490 e. The van der Waals surface area contributed by atoms with Gasteiger partial charge in [-0.2, -0.15) is 5.26 Å². The number of halogens is 1. The Morgan fingerprint density at radius 1 is 0.964 bits per heavy atom. The van der Waals surface area contributed by atoms with Gasteiger partial charge >= 0.3 is 6.03 Å². The number of rotatable bonds is 9. The molecule has 3 saturated heterocycles. The van der Waals surface area contributed by atoms with Crippen molar-refractivity contribution in [2.45, 2.75) is 76.0 Å². The van der Waals surface area contributed by atoms with Crippen molar-refractivity contribution in [2.24, 2.45) is 5.92 Å². The van der Waals surface area contributed by atoms with Crippen LogP contribution in [0.15, 0.2) is 60.8 Å². The van der Waals surface area contributed by atoms with Crippen LogP contribution in [-0.4, -0.2) is 88.9 Å². The van der Waals surface area contributed by atoms with Crippen molar-refractivity contribution in [1.29, 1.82) is 5.26 Å². The fourth-order valence-corrected chi connectivity index (χ4v) is 8.95. The number of hydrogen-bond acceptors (Lipinski definition) is 9. The number of likely N-dealkylation sites (tertiary alicyclic amines) is 1. The van der Waals surface area contributed by atoms with E-state index in [0.717, 1.165) is 100 Å². The summed E-state index contributed by atoms with van der Waals surface area (Å²) in [6.07, 6.45) is 10.1. The van der Waals surface area contributed by atoms with Crippen molar-refractivity contribution in [3.05, 3.63) is 77.1 Å². The summed E-state index contributed by atoms with van der Waals surface area (Å²) in [6, 6.07) is 19.1. The Morgan fingerprint density at radius 2 is 1.80 bits per heavy atom. The zero-order valence-corrected chi connectivity index (χ0v) is 31.6. The Bertz CT molecular complexity index is 2080. The van der Waals surface area contributed by atoms with E-state index < -0.39 is 0 Å². The van der Waals surface area contributed by atoms with E-state index in [-0.39, 0.29) is 30.0 Å². The molecule has 4 aliphatic rings. The fourth-order valence-electron chi connectivity index (χ4n) is 8.74. The number of benzene rings is 2. The van der Waals surface area contributed by atoms with Crippen LogP contribution in [0.1, 0.15) is 79.9 Å². The molecule has 2 N–H and O–H groups in total. The fraction of sp³-hybridized carbons (Fsp3) is 0.463. The van der Waals surface area contributed by atoms with Gasteiger partial charge in [-0.05, 0) is 99.7 Å². The van der Waals surface area contributed by atoms with E-state index in [9.17, 15) is 14.4 Å². The number of fused-ring (bicyclic) bond motifs is 1. The van der Waals surface area contributed by atoms with Crippen LogP contribution in [0, 0.1) is 17.2 Å². The molecule has 0 spiro atoms. The van der Waals surface area contributed by atoms with Gasteiger partial charge in [-0.3, -0.25) is 19.8 Å². The number of nitriles is 1. The molecular weight excluding hydrogens is 718 g/mol. The Hall–Kier alpha value is -5.19. The molecule has 4 fully saturated rings. The first-order chi connectivity index (χ1) is 26.8. The standard InChI is InChI=1S/C41H46ClN9O4/c42-34-23-32(9-6-28(34)24-43)55-31-10-7-29(8-11-31)44-40(53)35-12-13-38(47-46-35)49-18-2-3-27(26-49)25-48-19-14-30(15-20-48)50-21-16-33-36(50)4-1-5-37(33)51-22-17-39(52)45-41(51)54/h1,4-6,9,12-13,16,21,23,27,29-31H,2-3,7-8,10-11,14-15,17-20,22,25-26H2,(H,44,53)(H,45,52,54)/t27?,29-,31-. The maximum atomic E-state index is 13.1. The number of hydrogen-bond donors (Lipinski definition) is 2. The van der Waals surface area contributed by atoms with Crippen LogP contribution in [0.2, 0.25) is 5.02 Å². The first-order valence-corrected chi connectivity index (χ1v) is 19.9. The number of piperidine rings is 2. The zero-order valence-electron chi connectivity index (χ0n) is 30.8. The van der Waals surface area contributed by atoms with Crippen molar-refractivity contribution in [1.82, 2.24) is 30.3 Å². The average Bonchev–Trinajstić information content (AvgIpc) is 3.64. The van der Waals surface area contributed by atoms with Crippen LogP contribution >= 0.6 is 11.6 Å². The number of imide groups is 1. The molecule has 2 aromatic heterocycles. The molecule has 3 aliphatic heterocycles. The minimum atomic E-state index is -0.357. The van der Waals surface area contributed by atoms with Gasteiger partial charge in [0.25, 0.3) is 5.91 Å². The van der Waals surface area contributed by atoms with Gasteiger partial charge in [-0.25, -0.2) is 4.79 Å². The molecule has 8 rings (SSSR count). The van der Waals surface area contributed by atoms with Crippen LogP contribution in [-0.2, 0) is 4.79 Å². The summed E-state index contributed by atoms with van der Waals surface area (Å²) in [5, 5.41) is 24.9. The summed E-state index contributed by atoms with van der Waals surface area (Å²) in [4.78, 5) is 43.9. The lowest BCUT2D eigenvalue weighted by atomic mass is 9.92. The Balaban J connectivity index is 0.791. The van der Waals surface area contributed by atoms with Crippen molar-refractivity contribution in [3.8, 4) is 11.8 Å². The third-order valence-corrected chi connectivity index (χ3v) is 12.0. The quantitative estimate of drug-likeness (QED) is 0.207. The second-order valence-corrected chi connectivity index (χ2v) is 15.7. The minimum absolute atomic E-state index is 0.0318. The van der Waals surface area contributed by atoms with Crippen molar-refractivity contribution in [3.63, 3.8) is 0 Å². The first kappa shape index (κ1) is 36.8. The topological polar surface area (TPSA) is 149 Å². The molecule has 4 aromatic rings. The molecule has 286 valence electrons. The third kappa shape index (κ3) is 8.26. The highest BCUT2D eigenvalue weighted by molar-refractivity contribution is 6.31. The molecule has 2 aromatic carbocycles. The van der Waals surface area contributed by atoms with Crippen LogP contribution in [0.5, 0.6) is 5.75 Å². The predicted octanol–water partition coefficient (Wildman–Crippen LogP) is 6.08. The molecule has 0 radical (unpaired) electrons. The molecule has 0 bridgehead atoms. The van der Waals surface area contributed by atoms with Gasteiger partial charge in [0.2, 0.25) is 5.91 Å². The van der Waals surface area contributed by atoms with Gasteiger partial charge in [-0.1, -0.05) is 17.7 Å². The number of anilines is 2. The highest BCUT2D eigenvalue weighted by Crippen LogP contribution is 2.34. The van der Waals surface area contributed by atoms with E-state index in [2.05, 4.69) is 59.6 Å². The summed E-state index contributed by atoms with van der Waals surface area (Å²) >= 11 is 6.16. The molecule has 55 heavy (non-hydrogen) atoms. The zero-order chi connectivity index (χ0) is 37.9. The van der Waals surface area contributed by atoms with E-state index >= 15 is 0 Å². The smallest absolute Gasteiger partial charge is 0.328 e. The van der Waals surface area contributed by atoms with E-state index in [1.807, 2.05) is 18.2 Å². The Labute approximate surface area is 325 Å². The molecule has 1 unspecified atom stereocenters. The third-order valence-electron chi connectivity index (χ3n) is 11.7. The normalized spacial score (nSPS) is 22.7. The van der Waals surface area contributed by atoms with Gasteiger partial charge in [0.1, 0.15) is 11.8 Å². The summed E-state index contributed by atoms with van der Waals surface area (Å²) in [6.45, 7) is 5.34. The summed E-state index contributed by atoms with van der Waals surface area (Å²) in [5.41, 5.74) is 2.71. The van der Waals surface area contributed by atoms with Crippen LogP contribution in [0.4, 0.5) is 16.3 Å². The van der Waals surface area contributed by atoms with Gasteiger partial charge < -0.3 is 24.4 Å². The second kappa shape index (κ2) is 16.3. The monoisotopic (exact) mass is 763 g/mol. The number of carbonyl (C=O) groups is 3. The number of nitrogens with one attached hydrogen (secondary N) is 2. The SMILES string of the molecule is N#Cc1ccc(O[C@H]2CC[C@H](NC(=O)c3ccc(N4CCCC(CN5CCC(n6ccc7c(N8CCC(=O)NC8=O)cccc76)CC5)C4)nn3)CC2)cc1Cl. The highest BCUT2D eigenvalue weighted by Gasteiger charge is 2.30. The highest BCUT2D eigenvalue weighted by atomic mass is 35.5.